The molecule has 0 amide bonds. The maximum absolute atomic E-state index is 4.06. The number of imidazole rings is 1. The van der Waals surface area contributed by atoms with Gasteiger partial charge in [-0.25, -0.2) is 4.98 Å². The number of hydrogen-bond acceptors (Lipinski definition) is 1. The van der Waals surface area contributed by atoms with Crippen LogP contribution >= 0.6 is 9.39 Å². The summed E-state index contributed by atoms with van der Waals surface area (Å²) in [7, 11) is 2.59. The molecule has 0 spiro atoms. The summed E-state index contributed by atoms with van der Waals surface area (Å²) in [5, 5.41) is 0. The first-order chi connectivity index (χ1) is 3.72. The second kappa shape index (κ2) is 1.87. The molecule has 1 heterocycles. The molecule has 1 aromatic heterocycles. The normalized spacial score (nSPS) is 9.88. The molecule has 8 heavy (non-hydrogen) atoms. The fourth-order valence-corrected chi connectivity index (χ4v) is 0.700. The monoisotopic (exact) mass is 128 g/mol. The van der Waals surface area contributed by atoms with Gasteiger partial charge in [0.15, 0.2) is 0 Å². The fourth-order valence-electron chi connectivity index (χ4n) is 0.566. The van der Waals surface area contributed by atoms with Crippen molar-refractivity contribution in [3.63, 3.8) is 0 Å². The quantitative estimate of drug-likeness (QED) is 0.479. The molecule has 1 unspecified atom stereocenters. The van der Waals surface area contributed by atoms with Gasteiger partial charge in [0.1, 0.15) is 5.82 Å². The van der Waals surface area contributed by atoms with Gasteiger partial charge in [0.05, 0.1) is 0 Å². The van der Waals surface area contributed by atoms with Crippen LogP contribution in [-0.2, 0) is 0 Å². The van der Waals surface area contributed by atoms with Crippen LogP contribution in [0.2, 0.25) is 0 Å². The molecule has 0 radical (unpaired) electrons. The van der Waals surface area contributed by atoms with E-state index in [-0.39, 0.29) is 0 Å². The number of nitrogens with zero attached hydrogens (tertiary/aromatic N) is 2. The SMILES string of the molecule is Cc1cnc(C)n1P. The topological polar surface area (TPSA) is 17.8 Å². The van der Waals surface area contributed by atoms with Crippen molar-refractivity contribution < 1.29 is 0 Å². The Kier molecular flexibility index (Phi) is 1.35. The molecule has 0 aliphatic rings. The molecule has 0 N–H and O–H groups in total. The molecule has 0 bridgehead atoms. The minimum Gasteiger partial charge on any atom is -0.317 e. The summed E-state index contributed by atoms with van der Waals surface area (Å²) >= 11 is 0. The van der Waals surface area contributed by atoms with E-state index in [1.165, 1.54) is 5.69 Å². The van der Waals surface area contributed by atoms with Crippen molar-refractivity contribution >= 4 is 9.39 Å². The van der Waals surface area contributed by atoms with Crippen molar-refractivity contribution in [2.24, 2.45) is 0 Å². The van der Waals surface area contributed by atoms with Gasteiger partial charge in [0.2, 0.25) is 0 Å². The maximum atomic E-state index is 4.06. The summed E-state index contributed by atoms with van der Waals surface area (Å²) < 4.78 is 1.97. The Labute approximate surface area is 51.2 Å². The second-order valence-electron chi connectivity index (χ2n) is 1.82. The Hall–Kier alpha value is -0.360. The van der Waals surface area contributed by atoms with E-state index in [1.807, 2.05) is 24.4 Å². The molecule has 0 aliphatic carbocycles. The Morgan fingerprint density at radius 2 is 2.25 bits per heavy atom. The zero-order valence-corrected chi connectivity index (χ0v) is 6.20. The van der Waals surface area contributed by atoms with E-state index < -0.39 is 0 Å². The third kappa shape index (κ3) is 0.760. The highest BCUT2D eigenvalue weighted by Gasteiger charge is 1.93. The van der Waals surface area contributed by atoms with E-state index in [4.69, 9.17) is 0 Å². The second-order valence-corrected chi connectivity index (χ2v) is 2.33. The van der Waals surface area contributed by atoms with Crippen molar-refractivity contribution in [3.05, 3.63) is 17.7 Å². The van der Waals surface area contributed by atoms with Crippen LogP contribution in [0, 0.1) is 13.8 Å². The average molecular weight is 128 g/mol. The molecular weight excluding hydrogens is 119 g/mol. The summed E-state index contributed by atoms with van der Waals surface area (Å²) in [6.45, 7) is 3.99. The molecular formula is C5H9N2P. The van der Waals surface area contributed by atoms with E-state index in [2.05, 4.69) is 14.4 Å². The zero-order chi connectivity index (χ0) is 6.15. The van der Waals surface area contributed by atoms with E-state index >= 15 is 0 Å². The number of rotatable bonds is 0. The van der Waals surface area contributed by atoms with Crippen LogP contribution < -0.4 is 0 Å². The lowest BCUT2D eigenvalue weighted by molar-refractivity contribution is 1.06. The van der Waals surface area contributed by atoms with Crippen LogP contribution in [0.4, 0.5) is 0 Å². The molecule has 3 heteroatoms. The highest BCUT2D eigenvalue weighted by molar-refractivity contribution is 7.14. The van der Waals surface area contributed by atoms with Gasteiger partial charge in [-0.3, -0.25) is 0 Å². The van der Waals surface area contributed by atoms with Crippen LogP contribution in [0.15, 0.2) is 6.20 Å². The highest BCUT2D eigenvalue weighted by Crippen LogP contribution is 2.05. The lowest BCUT2D eigenvalue weighted by atomic mass is 10.6. The van der Waals surface area contributed by atoms with E-state index in [0.717, 1.165) is 5.82 Å². The molecule has 0 aromatic carbocycles. The molecule has 0 saturated carbocycles. The average Bonchev–Trinajstić information content (AvgIpc) is 1.98. The molecule has 1 rings (SSSR count). The molecule has 2 nitrogen and oxygen atoms in total. The summed E-state index contributed by atoms with van der Waals surface area (Å²) in [5.41, 5.74) is 1.17. The first-order valence-corrected chi connectivity index (χ1v) is 2.99. The third-order valence-corrected chi connectivity index (χ3v) is 1.95. The maximum Gasteiger partial charge on any atom is 0.108 e. The van der Waals surface area contributed by atoms with Crippen molar-refractivity contribution in [1.82, 2.24) is 9.32 Å². The number of aromatic nitrogens is 2. The minimum absolute atomic E-state index is 1.03. The number of hydrogen-bond donors (Lipinski definition) is 0. The van der Waals surface area contributed by atoms with Crippen LogP contribution in [0.3, 0.4) is 0 Å². The molecule has 1 aromatic rings. The summed E-state index contributed by atoms with van der Waals surface area (Å²) in [6, 6.07) is 0. The lowest BCUT2D eigenvalue weighted by Gasteiger charge is -1.93. The predicted molar refractivity (Wildman–Crippen MR) is 36.8 cm³/mol. The predicted octanol–water partition coefficient (Wildman–Crippen LogP) is 1.14. The summed E-state index contributed by atoms with van der Waals surface area (Å²) in [6.07, 6.45) is 1.85. The molecule has 0 aliphatic heterocycles. The minimum atomic E-state index is 1.03. The van der Waals surface area contributed by atoms with Crippen LogP contribution in [0.5, 0.6) is 0 Å². The van der Waals surface area contributed by atoms with Crippen molar-refractivity contribution in [3.8, 4) is 0 Å². The van der Waals surface area contributed by atoms with Gasteiger partial charge >= 0.3 is 0 Å². The largest absolute Gasteiger partial charge is 0.317 e. The fraction of sp³-hybridized carbons (Fsp3) is 0.400. The molecule has 0 fully saturated rings. The standard InChI is InChI=1S/C5H9N2P/c1-4-3-6-5(2)7(4)8/h3H,8H2,1-2H3. The van der Waals surface area contributed by atoms with Gasteiger partial charge in [-0.1, -0.05) is 0 Å². The van der Waals surface area contributed by atoms with Gasteiger partial charge in [-0.15, -0.1) is 0 Å². The van der Waals surface area contributed by atoms with Crippen LogP contribution in [0.25, 0.3) is 0 Å². The van der Waals surface area contributed by atoms with Gasteiger partial charge in [0.25, 0.3) is 0 Å². The van der Waals surface area contributed by atoms with Gasteiger partial charge in [-0.05, 0) is 23.2 Å². The third-order valence-electron chi connectivity index (χ3n) is 1.17. The van der Waals surface area contributed by atoms with Gasteiger partial charge in [-0.2, -0.15) is 0 Å². The number of aryl methyl sites for hydroxylation is 2. The first kappa shape index (κ1) is 5.77. The smallest absolute Gasteiger partial charge is 0.108 e. The van der Waals surface area contributed by atoms with E-state index in [0.29, 0.717) is 0 Å². The van der Waals surface area contributed by atoms with Gasteiger partial charge in [0, 0.05) is 11.9 Å². The Bertz CT molecular complexity index is 173. The van der Waals surface area contributed by atoms with Crippen molar-refractivity contribution in [2.45, 2.75) is 13.8 Å². The van der Waals surface area contributed by atoms with Crippen molar-refractivity contribution in [2.75, 3.05) is 0 Å². The van der Waals surface area contributed by atoms with E-state index in [9.17, 15) is 0 Å². The Morgan fingerprint density at radius 3 is 2.38 bits per heavy atom. The van der Waals surface area contributed by atoms with Crippen molar-refractivity contribution in [1.29, 1.82) is 0 Å². The first-order valence-electron chi connectivity index (χ1n) is 2.48. The Morgan fingerprint density at radius 1 is 1.62 bits per heavy atom. The van der Waals surface area contributed by atoms with Gasteiger partial charge < -0.3 is 4.34 Å². The lowest BCUT2D eigenvalue weighted by Crippen LogP contribution is -1.83. The summed E-state index contributed by atoms with van der Waals surface area (Å²) in [5.74, 6) is 1.03. The highest BCUT2D eigenvalue weighted by atomic mass is 31.0. The molecule has 44 valence electrons. The molecule has 1 atom stereocenters. The molecule has 0 saturated heterocycles. The Balaban J connectivity index is 3.19. The van der Waals surface area contributed by atoms with E-state index in [1.54, 1.807) is 0 Å². The van der Waals surface area contributed by atoms with Crippen LogP contribution in [-0.4, -0.2) is 9.32 Å². The zero-order valence-electron chi connectivity index (χ0n) is 5.05. The summed E-state index contributed by atoms with van der Waals surface area (Å²) in [4.78, 5) is 4.06. The van der Waals surface area contributed by atoms with Crippen LogP contribution in [0.1, 0.15) is 11.5 Å².